The molecule has 0 radical (unpaired) electrons. The second-order valence-electron chi connectivity index (χ2n) is 8.05. The molecule has 9 heteroatoms. The fraction of sp³-hybridized carbons (Fsp3) is 0.111. The van der Waals surface area contributed by atoms with Crippen LogP contribution in [0.2, 0.25) is 5.02 Å². The van der Waals surface area contributed by atoms with Crippen LogP contribution in [0.1, 0.15) is 21.6 Å². The molecule has 0 saturated heterocycles. The van der Waals surface area contributed by atoms with Crippen LogP contribution in [0.5, 0.6) is 17.2 Å². The zero-order valence-corrected chi connectivity index (χ0v) is 19.8. The van der Waals surface area contributed by atoms with Crippen LogP contribution >= 0.6 is 11.6 Å². The number of nitrogens with zero attached hydrogens (tertiary/aromatic N) is 1. The molecular formula is C27H20ClNO7. The Morgan fingerprint density at radius 2 is 1.83 bits per heavy atom. The number of methoxy groups -OCH3 is 1. The largest absolute Gasteiger partial charge is 0.497 e. The number of benzene rings is 3. The number of rotatable bonds is 7. The molecule has 1 aliphatic rings. The van der Waals surface area contributed by atoms with Crippen molar-refractivity contribution in [2.75, 3.05) is 13.9 Å². The van der Waals surface area contributed by atoms with Gasteiger partial charge < -0.3 is 29.0 Å². The molecule has 0 spiro atoms. The van der Waals surface area contributed by atoms with Gasteiger partial charge in [0.25, 0.3) is 0 Å². The lowest BCUT2D eigenvalue weighted by molar-refractivity contribution is -0.131. The van der Waals surface area contributed by atoms with Crippen molar-refractivity contribution >= 4 is 40.5 Å². The van der Waals surface area contributed by atoms with E-state index >= 15 is 0 Å². The van der Waals surface area contributed by atoms with Gasteiger partial charge >= 0.3 is 11.9 Å². The molecule has 8 nitrogen and oxygen atoms in total. The van der Waals surface area contributed by atoms with Crippen molar-refractivity contribution in [1.82, 2.24) is 4.57 Å². The van der Waals surface area contributed by atoms with E-state index in [-0.39, 0.29) is 19.0 Å². The van der Waals surface area contributed by atoms with Crippen LogP contribution in [0.25, 0.3) is 28.1 Å². The van der Waals surface area contributed by atoms with Crippen LogP contribution in [0.15, 0.2) is 60.7 Å². The number of hydrogen-bond donors (Lipinski definition) is 2. The first-order valence-corrected chi connectivity index (χ1v) is 11.3. The molecule has 0 aliphatic carbocycles. The molecule has 1 aliphatic heterocycles. The number of aliphatic carboxylic acids is 1. The van der Waals surface area contributed by atoms with Crippen LogP contribution in [0.4, 0.5) is 0 Å². The van der Waals surface area contributed by atoms with Gasteiger partial charge in [0.2, 0.25) is 6.79 Å². The van der Waals surface area contributed by atoms with Crippen molar-refractivity contribution in [3.8, 4) is 28.4 Å². The van der Waals surface area contributed by atoms with Crippen LogP contribution < -0.4 is 14.2 Å². The normalized spacial score (nSPS) is 12.4. The van der Waals surface area contributed by atoms with Crippen molar-refractivity contribution < 1.29 is 34.0 Å². The molecule has 1 aromatic heterocycles. The molecule has 182 valence electrons. The Morgan fingerprint density at radius 1 is 1.08 bits per heavy atom. The Balaban J connectivity index is 1.76. The summed E-state index contributed by atoms with van der Waals surface area (Å²) in [5.74, 6) is -0.673. The lowest BCUT2D eigenvalue weighted by Gasteiger charge is -2.13. The minimum atomic E-state index is -1.14. The second kappa shape index (κ2) is 9.31. The van der Waals surface area contributed by atoms with Gasteiger partial charge in [0, 0.05) is 33.6 Å². The number of halogens is 1. The van der Waals surface area contributed by atoms with Gasteiger partial charge in [-0.1, -0.05) is 29.8 Å². The number of aromatic nitrogens is 1. The monoisotopic (exact) mass is 505 g/mol. The Hall–Kier alpha value is -4.43. The molecule has 5 rings (SSSR count). The van der Waals surface area contributed by atoms with Gasteiger partial charge in [0.05, 0.1) is 13.7 Å². The molecule has 36 heavy (non-hydrogen) atoms. The van der Waals surface area contributed by atoms with E-state index in [2.05, 4.69) is 0 Å². The summed E-state index contributed by atoms with van der Waals surface area (Å²) >= 11 is 6.52. The van der Waals surface area contributed by atoms with Crippen LogP contribution in [0, 0.1) is 0 Å². The highest BCUT2D eigenvalue weighted by molar-refractivity contribution is 6.31. The first-order chi connectivity index (χ1) is 17.4. The fourth-order valence-corrected chi connectivity index (χ4v) is 4.62. The van der Waals surface area contributed by atoms with Crippen molar-refractivity contribution in [2.24, 2.45) is 0 Å². The fourth-order valence-electron chi connectivity index (χ4n) is 4.41. The summed E-state index contributed by atoms with van der Waals surface area (Å²) in [7, 11) is 1.50. The Labute approximate surface area is 210 Å². The minimum absolute atomic E-state index is 0.0417. The maximum Gasteiger partial charge on any atom is 0.353 e. The smallest absolute Gasteiger partial charge is 0.353 e. The zero-order valence-electron chi connectivity index (χ0n) is 19.0. The molecule has 0 fully saturated rings. The highest BCUT2D eigenvalue weighted by Crippen LogP contribution is 2.41. The van der Waals surface area contributed by atoms with Gasteiger partial charge in [0.1, 0.15) is 11.4 Å². The van der Waals surface area contributed by atoms with E-state index in [0.29, 0.717) is 55.4 Å². The maximum absolute atomic E-state index is 12.7. The van der Waals surface area contributed by atoms with Gasteiger partial charge in [0.15, 0.2) is 11.5 Å². The van der Waals surface area contributed by atoms with E-state index in [0.717, 1.165) is 6.08 Å². The van der Waals surface area contributed by atoms with E-state index in [4.69, 9.17) is 25.8 Å². The van der Waals surface area contributed by atoms with E-state index < -0.39 is 11.9 Å². The highest BCUT2D eigenvalue weighted by atomic mass is 35.5. The summed E-state index contributed by atoms with van der Waals surface area (Å²) in [6.07, 6.45) is 2.43. The Bertz CT molecular complexity index is 1550. The minimum Gasteiger partial charge on any atom is -0.497 e. The van der Waals surface area contributed by atoms with Crippen LogP contribution in [0.3, 0.4) is 0 Å². The molecule has 0 unspecified atom stereocenters. The molecule has 0 atom stereocenters. The molecule has 0 amide bonds. The van der Waals surface area contributed by atoms with Crippen LogP contribution in [-0.2, 0) is 11.3 Å². The number of carboxylic acids is 2. The van der Waals surface area contributed by atoms with E-state index in [1.54, 1.807) is 34.9 Å². The third-order valence-corrected chi connectivity index (χ3v) is 6.33. The summed E-state index contributed by atoms with van der Waals surface area (Å²) in [5, 5.41) is 20.7. The standard InChI is InChI=1S/C27H20ClNO7/c1-34-17-7-8-18(15(10-17)6-9-24(30)31)25-19-4-2-3-5-21(19)29(26(25)27(32)33)13-16-11-22-23(12-20(16)28)36-14-35-22/h2-12H,13-14H2,1H3,(H,30,31)(H,32,33)/b9-6+. The third-order valence-electron chi connectivity index (χ3n) is 5.98. The first kappa shape index (κ1) is 23.3. The quantitative estimate of drug-likeness (QED) is 0.317. The summed E-state index contributed by atoms with van der Waals surface area (Å²) in [6.45, 7) is 0.254. The lowest BCUT2D eigenvalue weighted by Crippen LogP contribution is -2.11. The third kappa shape index (κ3) is 4.12. The van der Waals surface area contributed by atoms with E-state index in [1.165, 1.54) is 13.2 Å². The van der Waals surface area contributed by atoms with Gasteiger partial charge in [-0.15, -0.1) is 0 Å². The Morgan fingerprint density at radius 3 is 2.56 bits per heavy atom. The number of hydrogen-bond acceptors (Lipinski definition) is 5. The van der Waals surface area contributed by atoms with Gasteiger partial charge in [-0.05, 0) is 53.1 Å². The predicted molar refractivity (Wildman–Crippen MR) is 134 cm³/mol. The topological polar surface area (TPSA) is 107 Å². The molecule has 0 bridgehead atoms. The molecular weight excluding hydrogens is 486 g/mol. The van der Waals surface area contributed by atoms with Crippen molar-refractivity contribution in [3.05, 3.63) is 82.5 Å². The van der Waals surface area contributed by atoms with Crippen molar-refractivity contribution in [3.63, 3.8) is 0 Å². The van der Waals surface area contributed by atoms with E-state index in [9.17, 15) is 19.8 Å². The zero-order chi connectivity index (χ0) is 25.4. The summed E-state index contributed by atoms with van der Waals surface area (Å²) in [6, 6.07) is 15.8. The number of ether oxygens (including phenoxy) is 3. The van der Waals surface area contributed by atoms with E-state index in [1.807, 2.05) is 24.3 Å². The van der Waals surface area contributed by atoms with Crippen molar-refractivity contribution in [1.29, 1.82) is 0 Å². The molecule has 3 aromatic carbocycles. The number of aromatic carboxylic acids is 1. The predicted octanol–water partition coefficient (Wildman–Crippen LogP) is 5.54. The maximum atomic E-state index is 12.7. The number of fused-ring (bicyclic) bond motifs is 2. The second-order valence-corrected chi connectivity index (χ2v) is 8.46. The molecule has 4 aromatic rings. The average Bonchev–Trinajstić information content (AvgIpc) is 3.44. The highest BCUT2D eigenvalue weighted by Gasteiger charge is 2.26. The molecule has 2 heterocycles. The molecule has 0 saturated carbocycles. The van der Waals surface area contributed by atoms with Crippen LogP contribution in [-0.4, -0.2) is 40.6 Å². The number of carboxylic acid groups (broad SMARTS) is 2. The van der Waals surface area contributed by atoms with Gasteiger partial charge in [-0.3, -0.25) is 0 Å². The summed E-state index contributed by atoms with van der Waals surface area (Å²) in [4.78, 5) is 23.9. The van der Waals surface area contributed by atoms with Gasteiger partial charge in [-0.25, -0.2) is 9.59 Å². The van der Waals surface area contributed by atoms with Crippen molar-refractivity contribution in [2.45, 2.75) is 6.54 Å². The first-order valence-electron chi connectivity index (χ1n) is 10.9. The molecule has 2 N–H and O–H groups in total. The number of carbonyl (C=O) groups is 2. The lowest BCUT2D eigenvalue weighted by atomic mass is 9.96. The van der Waals surface area contributed by atoms with Gasteiger partial charge in [-0.2, -0.15) is 0 Å². The SMILES string of the molecule is COc1ccc(-c2c(C(=O)O)n(Cc3cc4c(cc3Cl)OCO4)c3ccccc23)c(/C=C/C(=O)O)c1. The summed E-state index contributed by atoms with van der Waals surface area (Å²) < 4.78 is 17.9. The average molecular weight is 506 g/mol. The summed E-state index contributed by atoms with van der Waals surface area (Å²) in [5.41, 5.74) is 2.91. The Kier molecular flexibility index (Phi) is 6.03. The number of para-hydroxylation sites is 1.